The maximum Gasteiger partial charge on any atom is 0.267 e. The molecule has 1 saturated heterocycles. The van der Waals surface area contributed by atoms with E-state index in [2.05, 4.69) is 20.9 Å². The molecule has 1 amide bonds. The van der Waals surface area contributed by atoms with Gasteiger partial charge in [-0.3, -0.25) is 9.69 Å². The molecule has 0 N–H and O–H groups in total. The van der Waals surface area contributed by atoms with Gasteiger partial charge in [0.15, 0.2) is 10.3 Å². The Morgan fingerprint density at radius 2 is 1.93 bits per heavy atom. The highest BCUT2D eigenvalue weighted by Crippen LogP contribution is 2.41. The lowest BCUT2D eigenvalue weighted by Gasteiger charge is -2.30. The van der Waals surface area contributed by atoms with Gasteiger partial charge in [-0.05, 0) is 66.9 Å². The van der Waals surface area contributed by atoms with E-state index in [-0.39, 0.29) is 11.9 Å². The van der Waals surface area contributed by atoms with Gasteiger partial charge < -0.3 is 0 Å². The summed E-state index contributed by atoms with van der Waals surface area (Å²) in [5.41, 5.74) is 2.59. The van der Waals surface area contributed by atoms with E-state index in [4.69, 9.17) is 16.6 Å². The van der Waals surface area contributed by atoms with Crippen molar-refractivity contribution < 1.29 is 4.79 Å². The Balaban J connectivity index is 1.76. The Morgan fingerprint density at radius 1 is 1.21 bits per heavy atom. The second-order valence-corrected chi connectivity index (χ2v) is 9.49. The number of carbonyl (C=O) groups is 1. The van der Waals surface area contributed by atoms with Crippen LogP contribution in [0.2, 0.25) is 5.15 Å². The van der Waals surface area contributed by atoms with Crippen LogP contribution in [0, 0.1) is 0 Å². The summed E-state index contributed by atoms with van der Waals surface area (Å²) in [6.07, 6.45) is 7.18. The van der Waals surface area contributed by atoms with Crippen LogP contribution in [0.4, 0.5) is 5.69 Å². The van der Waals surface area contributed by atoms with E-state index in [1.807, 2.05) is 48.2 Å². The molecule has 2 aromatic rings. The van der Waals surface area contributed by atoms with Gasteiger partial charge in [0.1, 0.15) is 5.69 Å². The monoisotopic (exact) mass is 489 g/mol. The van der Waals surface area contributed by atoms with E-state index in [1.165, 1.54) is 18.2 Å². The van der Waals surface area contributed by atoms with E-state index in [0.717, 1.165) is 46.2 Å². The molecular formula is C22H21BrClN3OS. The van der Waals surface area contributed by atoms with Crippen LogP contribution in [-0.4, -0.2) is 27.0 Å². The lowest BCUT2D eigenvalue weighted by molar-refractivity contribution is -0.124. The van der Waals surface area contributed by atoms with Crippen LogP contribution in [0.15, 0.2) is 57.0 Å². The zero-order valence-electron chi connectivity index (χ0n) is 16.1. The number of allylic oxidation sites excluding steroid dienone is 1. The summed E-state index contributed by atoms with van der Waals surface area (Å²) in [4.78, 5) is 25.0. The fourth-order valence-electron chi connectivity index (χ4n) is 3.75. The standard InChI is InChI=1S/C22H21BrClN3OS/c1-14(15-9-11-16(23)12-10-15)19-21(28)27(17-6-3-2-4-7-17)22(29-19)26-18-8-5-13-25-20(18)24/h5,8-13,17H,2-4,6-7H2,1H3/b19-14-,26-22?. The quantitative estimate of drug-likeness (QED) is 0.350. The highest BCUT2D eigenvalue weighted by molar-refractivity contribution is 9.10. The van der Waals surface area contributed by atoms with Crippen molar-refractivity contribution in [3.05, 3.63) is 62.7 Å². The minimum absolute atomic E-state index is 0.0427. The zero-order valence-corrected chi connectivity index (χ0v) is 19.2. The molecular weight excluding hydrogens is 470 g/mol. The number of hydrogen-bond donors (Lipinski definition) is 0. The van der Waals surface area contributed by atoms with Gasteiger partial charge in [-0.25, -0.2) is 9.98 Å². The van der Waals surface area contributed by atoms with Crippen LogP contribution in [0.25, 0.3) is 5.57 Å². The molecule has 1 saturated carbocycles. The third-order valence-electron chi connectivity index (χ3n) is 5.33. The smallest absolute Gasteiger partial charge is 0.267 e. The number of benzene rings is 1. The van der Waals surface area contributed by atoms with Crippen molar-refractivity contribution in [3.8, 4) is 0 Å². The molecule has 1 aromatic carbocycles. The van der Waals surface area contributed by atoms with Gasteiger partial charge in [-0.15, -0.1) is 0 Å². The van der Waals surface area contributed by atoms with Gasteiger partial charge in [-0.2, -0.15) is 0 Å². The van der Waals surface area contributed by atoms with Crippen LogP contribution in [-0.2, 0) is 4.79 Å². The molecule has 2 aliphatic rings. The highest BCUT2D eigenvalue weighted by atomic mass is 79.9. The normalized spacial score (nSPS) is 21.1. The Kier molecular flexibility index (Phi) is 6.42. The number of amidine groups is 1. The Labute approximate surface area is 188 Å². The molecule has 0 unspecified atom stereocenters. The molecule has 1 aliphatic carbocycles. The summed E-state index contributed by atoms with van der Waals surface area (Å²) >= 11 is 11.1. The Bertz CT molecular complexity index is 984. The summed E-state index contributed by atoms with van der Waals surface area (Å²) in [6, 6.07) is 11.9. The van der Waals surface area contributed by atoms with Crippen LogP contribution in [0.1, 0.15) is 44.6 Å². The van der Waals surface area contributed by atoms with Gasteiger partial charge in [0.25, 0.3) is 5.91 Å². The fraction of sp³-hybridized carbons (Fsp3) is 0.318. The third kappa shape index (κ3) is 4.44. The van der Waals surface area contributed by atoms with Crippen LogP contribution >= 0.6 is 39.3 Å². The number of rotatable bonds is 3. The minimum Gasteiger partial charge on any atom is -0.283 e. The number of thioether (sulfide) groups is 1. The first-order valence-corrected chi connectivity index (χ1v) is 11.7. The fourth-order valence-corrected chi connectivity index (χ4v) is 5.29. The topological polar surface area (TPSA) is 45.6 Å². The van der Waals surface area contributed by atoms with Crippen LogP contribution in [0.3, 0.4) is 0 Å². The second kappa shape index (κ2) is 9.02. The van der Waals surface area contributed by atoms with E-state index in [9.17, 15) is 4.79 Å². The third-order valence-corrected chi connectivity index (χ3v) is 7.30. The van der Waals surface area contributed by atoms with E-state index in [1.54, 1.807) is 6.20 Å². The molecule has 1 aromatic heterocycles. The number of aliphatic imine (C=N–C) groups is 1. The van der Waals surface area contributed by atoms with Crippen molar-refractivity contribution >= 4 is 61.6 Å². The molecule has 0 spiro atoms. The van der Waals surface area contributed by atoms with Crippen molar-refractivity contribution in [2.45, 2.75) is 45.1 Å². The van der Waals surface area contributed by atoms with Gasteiger partial charge in [-0.1, -0.05) is 58.9 Å². The lowest BCUT2D eigenvalue weighted by Crippen LogP contribution is -2.40. The second-order valence-electron chi connectivity index (χ2n) is 7.24. The van der Waals surface area contributed by atoms with Crippen molar-refractivity contribution in [2.75, 3.05) is 0 Å². The SMILES string of the molecule is C/C(=C1/SC(=Nc2cccnc2Cl)N(C2CCCCC2)C1=O)c1ccc(Br)cc1. The predicted octanol–water partition coefficient (Wildman–Crippen LogP) is 6.82. The van der Waals surface area contributed by atoms with Gasteiger partial charge in [0.05, 0.1) is 4.91 Å². The van der Waals surface area contributed by atoms with E-state index < -0.39 is 0 Å². The van der Waals surface area contributed by atoms with Gasteiger partial charge in [0, 0.05) is 16.7 Å². The maximum absolute atomic E-state index is 13.5. The first-order chi connectivity index (χ1) is 14.0. The number of carbonyl (C=O) groups excluding carboxylic acids is 1. The zero-order chi connectivity index (χ0) is 20.4. The van der Waals surface area contributed by atoms with Crippen molar-refractivity contribution in [2.24, 2.45) is 4.99 Å². The Hall–Kier alpha value is -1.63. The number of aromatic nitrogens is 1. The predicted molar refractivity (Wildman–Crippen MR) is 124 cm³/mol. The summed E-state index contributed by atoms with van der Waals surface area (Å²) in [7, 11) is 0. The molecule has 4 rings (SSSR count). The number of pyridine rings is 1. The average molecular weight is 491 g/mol. The molecule has 2 fully saturated rings. The maximum atomic E-state index is 13.5. The minimum atomic E-state index is 0.0427. The summed E-state index contributed by atoms with van der Waals surface area (Å²) in [5.74, 6) is 0.0427. The first-order valence-electron chi connectivity index (χ1n) is 9.72. The van der Waals surface area contributed by atoms with E-state index >= 15 is 0 Å². The van der Waals surface area contributed by atoms with Crippen molar-refractivity contribution in [3.63, 3.8) is 0 Å². The molecule has 7 heteroatoms. The van der Waals surface area contributed by atoms with Gasteiger partial charge >= 0.3 is 0 Å². The molecule has 29 heavy (non-hydrogen) atoms. The lowest BCUT2D eigenvalue weighted by atomic mass is 9.94. The molecule has 1 aliphatic heterocycles. The number of hydrogen-bond acceptors (Lipinski definition) is 4. The van der Waals surface area contributed by atoms with E-state index in [0.29, 0.717) is 16.0 Å². The van der Waals surface area contributed by atoms with Crippen molar-refractivity contribution in [1.82, 2.24) is 9.88 Å². The van der Waals surface area contributed by atoms with Crippen LogP contribution in [0.5, 0.6) is 0 Å². The highest BCUT2D eigenvalue weighted by Gasteiger charge is 2.39. The summed E-state index contributed by atoms with van der Waals surface area (Å²) in [5, 5.41) is 1.04. The average Bonchev–Trinajstić information content (AvgIpc) is 3.06. The Morgan fingerprint density at radius 3 is 2.62 bits per heavy atom. The summed E-state index contributed by atoms with van der Waals surface area (Å²) < 4.78 is 1.02. The molecule has 150 valence electrons. The number of halogens is 2. The number of nitrogens with zero attached hydrogens (tertiary/aromatic N) is 3. The molecule has 4 nitrogen and oxygen atoms in total. The number of amides is 1. The van der Waals surface area contributed by atoms with Crippen molar-refractivity contribution in [1.29, 1.82) is 0 Å². The molecule has 0 bridgehead atoms. The molecule has 2 heterocycles. The van der Waals surface area contributed by atoms with Crippen LogP contribution < -0.4 is 0 Å². The van der Waals surface area contributed by atoms with Gasteiger partial charge in [0.2, 0.25) is 0 Å². The first kappa shape index (κ1) is 20.6. The summed E-state index contributed by atoms with van der Waals surface area (Å²) in [6.45, 7) is 2.00. The molecule has 0 radical (unpaired) electrons. The largest absolute Gasteiger partial charge is 0.283 e. The molecule has 0 atom stereocenters.